The molecule has 0 radical (unpaired) electrons. The number of amides is 1. The van der Waals surface area contributed by atoms with E-state index >= 15 is 0 Å². The van der Waals surface area contributed by atoms with E-state index in [2.05, 4.69) is 12.2 Å². The van der Waals surface area contributed by atoms with Crippen molar-refractivity contribution in [2.75, 3.05) is 12.4 Å². The molecule has 2 rings (SSSR count). The maximum atomic E-state index is 12.4. The molecule has 0 unspecified atom stereocenters. The minimum Gasteiger partial charge on any atom is -0.493 e. The van der Waals surface area contributed by atoms with Crippen LogP contribution in [0.25, 0.3) is 0 Å². The average Bonchev–Trinajstić information content (AvgIpc) is 2.56. The van der Waals surface area contributed by atoms with Crippen LogP contribution in [-0.4, -0.2) is 19.1 Å². The van der Waals surface area contributed by atoms with Crippen molar-refractivity contribution in [3.05, 3.63) is 53.6 Å². The van der Waals surface area contributed by atoms with Crippen LogP contribution in [-0.2, 0) is 6.42 Å². The van der Waals surface area contributed by atoms with Crippen LogP contribution >= 0.6 is 0 Å². The van der Waals surface area contributed by atoms with E-state index in [1.54, 1.807) is 25.3 Å². The molecule has 0 fully saturated rings. The SMILES string of the molecule is CCCc1ccc(NC(=O)c2ccc(OC(C)C)c(OC)c2)cc1. The zero-order valence-corrected chi connectivity index (χ0v) is 14.8. The fourth-order valence-corrected chi connectivity index (χ4v) is 2.41. The van der Waals surface area contributed by atoms with Gasteiger partial charge in [-0.2, -0.15) is 0 Å². The molecule has 0 aliphatic rings. The van der Waals surface area contributed by atoms with Gasteiger partial charge in [0.1, 0.15) is 0 Å². The van der Waals surface area contributed by atoms with Gasteiger partial charge in [-0.25, -0.2) is 0 Å². The first-order valence-electron chi connectivity index (χ1n) is 8.28. The van der Waals surface area contributed by atoms with Gasteiger partial charge in [-0.1, -0.05) is 25.5 Å². The number of anilines is 1. The van der Waals surface area contributed by atoms with E-state index in [9.17, 15) is 4.79 Å². The topological polar surface area (TPSA) is 47.6 Å². The number of benzene rings is 2. The lowest BCUT2D eigenvalue weighted by Gasteiger charge is -2.14. The molecule has 1 amide bonds. The lowest BCUT2D eigenvalue weighted by molar-refractivity contribution is 0.102. The van der Waals surface area contributed by atoms with Gasteiger partial charge in [-0.3, -0.25) is 4.79 Å². The van der Waals surface area contributed by atoms with E-state index in [0.717, 1.165) is 18.5 Å². The molecule has 0 aliphatic heterocycles. The molecule has 0 saturated heterocycles. The molecule has 4 heteroatoms. The number of carbonyl (C=O) groups excluding carboxylic acids is 1. The van der Waals surface area contributed by atoms with Crippen LogP contribution in [0.4, 0.5) is 5.69 Å². The van der Waals surface area contributed by atoms with Gasteiger partial charge in [-0.15, -0.1) is 0 Å². The summed E-state index contributed by atoms with van der Waals surface area (Å²) in [5.74, 6) is 1.01. The van der Waals surface area contributed by atoms with Crippen LogP contribution in [0.5, 0.6) is 11.5 Å². The molecule has 24 heavy (non-hydrogen) atoms. The van der Waals surface area contributed by atoms with Crippen LogP contribution in [0.15, 0.2) is 42.5 Å². The Bertz CT molecular complexity index is 678. The van der Waals surface area contributed by atoms with Crippen molar-refractivity contribution in [1.29, 1.82) is 0 Å². The average molecular weight is 327 g/mol. The van der Waals surface area contributed by atoms with Crippen LogP contribution in [0.3, 0.4) is 0 Å². The Morgan fingerprint density at radius 1 is 1.08 bits per heavy atom. The van der Waals surface area contributed by atoms with Gasteiger partial charge in [0.2, 0.25) is 0 Å². The standard InChI is InChI=1S/C20H25NO3/c1-5-6-15-7-10-17(11-8-15)21-20(22)16-9-12-18(24-14(2)3)19(13-16)23-4/h7-14H,5-6H2,1-4H3,(H,21,22). The van der Waals surface area contributed by atoms with Crippen molar-refractivity contribution in [2.24, 2.45) is 0 Å². The monoisotopic (exact) mass is 327 g/mol. The van der Waals surface area contributed by atoms with E-state index in [-0.39, 0.29) is 12.0 Å². The van der Waals surface area contributed by atoms with Gasteiger partial charge in [-0.05, 0) is 56.2 Å². The summed E-state index contributed by atoms with van der Waals surface area (Å²) in [6.07, 6.45) is 2.19. The highest BCUT2D eigenvalue weighted by Crippen LogP contribution is 2.29. The Morgan fingerprint density at radius 3 is 2.38 bits per heavy atom. The molecule has 0 spiro atoms. The van der Waals surface area contributed by atoms with Crippen molar-refractivity contribution in [2.45, 2.75) is 39.7 Å². The maximum absolute atomic E-state index is 12.4. The molecule has 0 heterocycles. The number of hydrogen-bond donors (Lipinski definition) is 1. The van der Waals surface area contributed by atoms with Gasteiger partial charge in [0.15, 0.2) is 11.5 Å². The van der Waals surface area contributed by atoms with Crippen LogP contribution in [0.2, 0.25) is 0 Å². The molecule has 2 aromatic carbocycles. The molecule has 2 aromatic rings. The lowest BCUT2D eigenvalue weighted by Crippen LogP contribution is -2.13. The van der Waals surface area contributed by atoms with E-state index in [1.807, 2.05) is 38.1 Å². The minimum absolute atomic E-state index is 0.0419. The minimum atomic E-state index is -0.173. The smallest absolute Gasteiger partial charge is 0.255 e. The van der Waals surface area contributed by atoms with Crippen LogP contribution in [0.1, 0.15) is 43.1 Å². The van der Waals surface area contributed by atoms with Crippen molar-refractivity contribution in [3.63, 3.8) is 0 Å². The molecule has 0 atom stereocenters. The van der Waals surface area contributed by atoms with Gasteiger partial charge < -0.3 is 14.8 Å². The van der Waals surface area contributed by atoms with Crippen LogP contribution in [0, 0.1) is 0 Å². The van der Waals surface area contributed by atoms with Crippen molar-refractivity contribution in [3.8, 4) is 11.5 Å². The first-order valence-corrected chi connectivity index (χ1v) is 8.28. The number of nitrogens with one attached hydrogen (secondary N) is 1. The van der Waals surface area contributed by atoms with E-state index in [4.69, 9.17) is 9.47 Å². The second-order valence-electron chi connectivity index (χ2n) is 5.93. The Hall–Kier alpha value is -2.49. The van der Waals surface area contributed by atoms with Crippen molar-refractivity contribution in [1.82, 2.24) is 0 Å². The number of aryl methyl sites for hydroxylation is 1. The summed E-state index contributed by atoms with van der Waals surface area (Å²) in [6.45, 7) is 6.04. The lowest BCUT2D eigenvalue weighted by atomic mass is 10.1. The Morgan fingerprint density at radius 2 is 1.79 bits per heavy atom. The summed E-state index contributed by atoms with van der Waals surface area (Å²) < 4.78 is 11.0. The molecule has 4 nitrogen and oxygen atoms in total. The molecule has 0 aromatic heterocycles. The highest BCUT2D eigenvalue weighted by atomic mass is 16.5. The summed E-state index contributed by atoms with van der Waals surface area (Å²) in [5.41, 5.74) is 2.58. The summed E-state index contributed by atoms with van der Waals surface area (Å²) in [6, 6.07) is 13.1. The number of ether oxygens (including phenoxy) is 2. The van der Waals surface area contributed by atoms with E-state index < -0.39 is 0 Å². The number of methoxy groups -OCH3 is 1. The summed E-state index contributed by atoms with van der Waals surface area (Å²) in [4.78, 5) is 12.4. The van der Waals surface area contributed by atoms with Crippen molar-refractivity contribution >= 4 is 11.6 Å². The third-order valence-corrected chi connectivity index (χ3v) is 3.54. The van der Waals surface area contributed by atoms with Gasteiger partial charge in [0.25, 0.3) is 5.91 Å². The predicted molar refractivity (Wildman–Crippen MR) is 97.1 cm³/mol. The summed E-state index contributed by atoms with van der Waals surface area (Å²) in [5, 5.41) is 2.90. The first-order chi connectivity index (χ1) is 11.5. The molecule has 0 saturated carbocycles. The molecule has 0 aliphatic carbocycles. The van der Waals surface area contributed by atoms with Crippen LogP contribution < -0.4 is 14.8 Å². The maximum Gasteiger partial charge on any atom is 0.255 e. The quantitative estimate of drug-likeness (QED) is 0.802. The molecule has 1 N–H and O–H groups in total. The second-order valence-corrected chi connectivity index (χ2v) is 5.93. The zero-order valence-electron chi connectivity index (χ0n) is 14.8. The predicted octanol–water partition coefficient (Wildman–Crippen LogP) is 4.69. The third kappa shape index (κ3) is 4.75. The fraction of sp³-hybridized carbons (Fsp3) is 0.350. The van der Waals surface area contributed by atoms with Gasteiger partial charge >= 0.3 is 0 Å². The van der Waals surface area contributed by atoms with E-state index in [0.29, 0.717) is 17.1 Å². The second kappa shape index (κ2) is 8.39. The molecular weight excluding hydrogens is 302 g/mol. The van der Waals surface area contributed by atoms with Gasteiger partial charge in [0.05, 0.1) is 13.2 Å². The highest BCUT2D eigenvalue weighted by Gasteiger charge is 2.12. The molecule has 0 bridgehead atoms. The largest absolute Gasteiger partial charge is 0.493 e. The van der Waals surface area contributed by atoms with E-state index in [1.165, 1.54) is 5.56 Å². The Kier molecular flexibility index (Phi) is 6.24. The number of carbonyl (C=O) groups is 1. The number of hydrogen-bond acceptors (Lipinski definition) is 3. The first kappa shape index (κ1) is 17.9. The van der Waals surface area contributed by atoms with Crippen molar-refractivity contribution < 1.29 is 14.3 Å². The normalized spacial score (nSPS) is 10.5. The summed E-state index contributed by atoms with van der Waals surface area (Å²) in [7, 11) is 1.57. The molecule has 128 valence electrons. The fourth-order valence-electron chi connectivity index (χ4n) is 2.41. The Labute approximate surface area is 143 Å². The van der Waals surface area contributed by atoms with Gasteiger partial charge in [0, 0.05) is 11.3 Å². The zero-order chi connectivity index (χ0) is 17.5. The highest BCUT2D eigenvalue weighted by molar-refractivity contribution is 6.04. The molecular formula is C20H25NO3. The summed E-state index contributed by atoms with van der Waals surface area (Å²) >= 11 is 0. The third-order valence-electron chi connectivity index (χ3n) is 3.54. The Balaban J connectivity index is 2.11. The number of rotatable bonds is 7.